The number of hydrogen-bond donors (Lipinski definition) is 0. The Balaban J connectivity index is 1.35. The van der Waals surface area contributed by atoms with Crippen LogP contribution in [-0.2, 0) is 17.8 Å². The van der Waals surface area contributed by atoms with Gasteiger partial charge in [-0.2, -0.15) is 0 Å². The minimum atomic E-state index is -0.324. The van der Waals surface area contributed by atoms with Gasteiger partial charge in [0.25, 0.3) is 11.1 Å². The van der Waals surface area contributed by atoms with Crippen molar-refractivity contribution in [3.63, 3.8) is 0 Å². The van der Waals surface area contributed by atoms with Gasteiger partial charge in [0.05, 0.1) is 10.6 Å². The van der Waals surface area contributed by atoms with Crippen LogP contribution in [-0.4, -0.2) is 17.9 Å². The third kappa shape index (κ3) is 4.43. The second-order valence-electron chi connectivity index (χ2n) is 7.69. The lowest BCUT2D eigenvalue weighted by atomic mass is 10.1. The molecule has 0 unspecified atom stereocenters. The van der Waals surface area contributed by atoms with Gasteiger partial charge < -0.3 is 14.2 Å². The second kappa shape index (κ2) is 9.49. The lowest BCUT2D eigenvalue weighted by molar-refractivity contribution is -0.113. The Morgan fingerprint density at radius 2 is 1.82 bits per heavy atom. The van der Waals surface area contributed by atoms with Crippen LogP contribution in [0, 0.1) is 0 Å². The molecule has 0 atom stereocenters. The van der Waals surface area contributed by atoms with Crippen LogP contribution in [0.1, 0.15) is 16.7 Å². The van der Waals surface area contributed by atoms with E-state index in [1.54, 1.807) is 36.4 Å². The van der Waals surface area contributed by atoms with E-state index in [1.165, 1.54) is 4.90 Å². The summed E-state index contributed by atoms with van der Waals surface area (Å²) in [5.41, 5.74) is 3.28. The molecule has 0 aliphatic carbocycles. The van der Waals surface area contributed by atoms with E-state index in [2.05, 4.69) is 6.58 Å². The molecule has 170 valence electrons. The first-order valence-electron chi connectivity index (χ1n) is 10.7. The number of hydrogen-bond acceptors (Lipinski definition) is 6. The molecule has 5 rings (SSSR count). The first-order valence-corrected chi connectivity index (χ1v) is 11.5. The van der Waals surface area contributed by atoms with E-state index >= 15 is 0 Å². The van der Waals surface area contributed by atoms with Gasteiger partial charge in [-0.25, -0.2) is 4.90 Å². The zero-order chi connectivity index (χ0) is 23.5. The molecule has 0 radical (unpaired) electrons. The molecule has 34 heavy (non-hydrogen) atoms. The number of allylic oxidation sites excluding steroid dienone is 1. The molecule has 0 spiro atoms. The van der Waals surface area contributed by atoms with Crippen LogP contribution in [0.3, 0.4) is 0 Å². The molecule has 2 heterocycles. The normalized spacial score (nSPS) is 15.8. The van der Waals surface area contributed by atoms with Gasteiger partial charge in [0.2, 0.25) is 6.79 Å². The summed E-state index contributed by atoms with van der Waals surface area (Å²) < 4.78 is 16.9. The molecule has 3 aromatic carbocycles. The number of ether oxygens (including phenoxy) is 3. The van der Waals surface area contributed by atoms with Crippen LogP contribution >= 0.6 is 11.8 Å². The van der Waals surface area contributed by atoms with Gasteiger partial charge >= 0.3 is 0 Å². The average Bonchev–Trinajstić information content (AvgIpc) is 3.42. The van der Waals surface area contributed by atoms with Crippen LogP contribution in [0.4, 0.5) is 10.5 Å². The SMILES string of the molecule is C=CCc1cc(/C=C2\SC(=O)N(c3ccccc3)C2=O)ccc1OCc1ccc2c(c1)OCO2. The van der Waals surface area contributed by atoms with Crippen LogP contribution < -0.4 is 19.1 Å². The molecule has 0 saturated carbocycles. The molecular formula is C27H21NO5S. The van der Waals surface area contributed by atoms with E-state index in [-0.39, 0.29) is 17.9 Å². The highest BCUT2D eigenvalue weighted by molar-refractivity contribution is 8.19. The molecular weight excluding hydrogens is 450 g/mol. The highest BCUT2D eigenvalue weighted by atomic mass is 32.2. The van der Waals surface area contributed by atoms with Crippen molar-refractivity contribution in [2.45, 2.75) is 13.0 Å². The van der Waals surface area contributed by atoms with E-state index in [1.807, 2.05) is 42.5 Å². The van der Waals surface area contributed by atoms with Crippen LogP contribution in [0.15, 0.2) is 84.3 Å². The number of anilines is 1. The zero-order valence-corrected chi connectivity index (χ0v) is 19.0. The van der Waals surface area contributed by atoms with Gasteiger partial charge in [0.15, 0.2) is 11.5 Å². The first-order chi connectivity index (χ1) is 16.6. The molecule has 7 heteroatoms. The molecule has 2 aliphatic rings. The quantitative estimate of drug-likeness (QED) is 0.313. The van der Waals surface area contributed by atoms with Gasteiger partial charge in [0, 0.05) is 0 Å². The average molecular weight is 472 g/mol. The number of benzene rings is 3. The number of amides is 2. The van der Waals surface area contributed by atoms with Crippen LogP contribution in [0.5, 0.6) is 17.2 Å². The summed E-state index contributed by atoms with van der Waals surface area (Å²) in [7, 11) is 0. The molecule has 1 fully saturated rings. The molecule has 3 aromatic rings. The Labute approximate surface area is 201 Å². The summed E-state index contributed by atoms with van der Waals surface area (Å²) >= 11 is 0.937. The smallest absolute Gasteiger partial charge is 0.298 e. The fraction of sp³-hybridized carbons (Fsp3) is 0.111. The van der Waals surface area contributed by atoms with Crippen molar-refractivity contribution < 1.29 is 23.8 Å². The fourth-order valence-electron chi connectivity index (χ4n) is 3.76. The van der Waals surface area contributed by atoms with Crippen LogP contribution in [0.25, 0.3) is 6.08 Å². The molecule has 1 saturated heterocycles. The van der Waals surface area contributed by atoms with Crippen LogP contribution in [0.2, 0.25) is 0 Å². The van der Waals surface area contributed by atoms with Gasteiger partial charge in [-0.15, -0.1) is 6.58 Å². The highest BCUT2D eigenvalue weighted by Gasteiger charge is 2.36. The number of imide groups is 1. The lowest BCUT2D eigenvalue weighted by Gasteiger charge is -2.12. The maximum absolute atomic E-state index is 12.9. The van der Waals surface area contributed by atoms with Gasteiger partial charge in [-0.3, -0.25) is 9.59 Å². The molecule has 0 bridgehead atoms. The first kappa shape index (κ1) is 21.9. The Bertz CT molecular complexity index is 1300. The molecule has 0 N–H and O–H groups in total. The summed E-state index contributed by atoms with van der Waals surface area (Å²) in [5, 5.41) is -0.308. The number of carbonyl (C=O) groups is 2. The minimum absolute atomic E-state index is 0.232. The number of thioether (sulfide) groups is 1. The topological polar surface area (TPSA) is 65.1 Å². The third-order valence-electron chi connectivity index (χ3n) is 5.39. The monoisotopic (exact) mass is 471 g/mol. The van der Waals surface area contributed by atoms with Crippen molar-refractivity contribution in [2.24, 2.45) is 0 Å². The van der Waals surface area contributed by atoms with Gasteiger partial charge in [-0.05, 0) is 77.3 Å². The lowest BCUT2D eigenvalue weighted by Crippen LogP contribution is -2.27. The Hall–Kier alpha value is -3.97. The van der Waals surface area contributed by atoms with Crippen molar-refractivity contribution in [2.75, 3.05) is 11.7 Å². The predicted octanol–water partition coefficient (Wildman–Crippen LogP) is 5.96. The van der Waals surface area contributed by atoms with E-state index in [9.17, 15) is 9.59 Å². The molecule has 0 aromatic heterocycles. The van der Waals surface area contributed by atoms with E-state index < -0.39 is 0 Å². The molecule has 2 amide bonds. The number of carbonyl (C=O) groups excluding carboxylic acids is 2. The summed E-state index contributed by atoms with van der Waals surface area (Å²) in [6, 6.07) is 20.3. The van der Waals surface area contributed by atoms with E-state index in [0.717, 1.165) is 40.0 Å². The Morgan fingerprint density at radius 1 is 1.00 bits per heavy atom. The third-order valence-corrected chi connectivity index (χ3v) is 6.26. The molecule has 6 nitrogen and oxygen atoms in total. The molecule has 2 aliphatic heterocycles. The van der Waals surface area contributed by atoms with Crippen molar-refractivity contribution in [1.29, 1.82) is 0 Å². The summed E-state index contributed by atoms with van der Waals surface area (Å²) in [5.74, 6) is 1.85. The van der Waals surface area contributed by atoms with Crippen molar-refractivity contribution >= 4 is 34.7 Å². The minimum Gasteiger partial charge on any atom is -0.489 e. The number of nitrogens with zero attached hydrogens (tertiary/aromatic N) is 1. The second-order valence-corrected chi connectivity index (χ2v) is 8.68. The van der Waals surface area contributed by atoms with E-state index in [0.29, 0.717) is 29.4 Å². The van der Waals surface area contributed by atoms with E-state index in [4.69, 9.17) is 14.2 Å². The zero-order valence-electron chi connectivity index (χ0n) is 18.2. The van der Waals surface area contributed by atoms with Gasteiger partial charge in [0.1, 0.15) is 12.4 Å². The predicted molar refractivity (Wildman–Crippen MR) is 132 cm³/mol. The largest absolute Gasteiger partial charge is 0.489 e. The number of para-hydroxylation sites is 1. The highest BCUT2D eigenvalue weighted by Crippen LogP contribution is 2.36. The van der Waals surface area contributed by atoms with Crippen molar-refractivity contribution in [1.82, 2.24) is 0 Å². The maximum Gasteiger partial charge on any atom is 0.298 e. The Morgan fingerprint density at radius 3 is 2.65 bits per heavy atom. The summed E-state index contributed by atoms with van der Waals surface area (Å²) in [4.78, 5) is 27.0. The fourth-order valence-corrected chi connectivity index (χ4v) is 4.60. The number of rotatable bonds is 7. The maximum atomic E-state index is 12.9. The standard InChI is InChI=1S/C27H21NO5S/c1-2-6-20-13-18(15-25-26(29)28(27(30)34-25)21-7-4-3-5-8-21)9-11-22(20)31-16-19-10-12-23-24(14-19)33-17-32-23/h2-5,7-15H,1,6,16-17H2/b25-15-. The summed E-state index contributed by atoms with van der Waals surface area (Å²) in [6.45, 7) is 4.45. The van der Waals surface area contributed by atoms with Crippen molar-refractivity contribution in [3.05, 3.63) is 101 Å². The number of fused-ring (bicyclic) bond motifs is 1. The Kier molecular flexibility index (Phi) is 6.10. The van der Waals surface area contributed by atoms with Crippen molar-refractivity contribution in [3.8, 4) is 17.2 Å². The van der Waals surface area contributed by atoms with Gasteiger partial charge in [-0.1, -0.05) is 36.4 Å². The summed E-state index contributed by atoms with van der Waals surface area (Å²) in [6.07, 6.45) is 4.14.